The van der Waals surface area contributed by atoms with Crippen molar-refractivity contribution in [1.29, 1.82) is 0 Å². The molecule has 0 aromatic heterocycles. The molecular formula is C15H14BrClO. The van der Waals surface area contributed by atoms with Crippen LogP contribution in [0.3, 0.4) is 0 Å². The maximum atomic E-state index is 5.99. The Labute approximate surface area is 121 Å². The number of halogens is 2. The Hall–Kier alpha value is -0.990. The van der Waals surface area contributed by atoms with Gasteiger partial charge in [-0.3, -0.25) is 0 Å². The van der Waals surface area contributed by atoms with E-state index in [2.05, 4.69) is 28.1 Å². The third kappa shape index (κ3) is 3.76. The molecule has 0 heterocycles. The summed E-state index contributed by atoms with van der Waals surface area (Å²) < 4.78 is 7.04. The van der Waals surface area contributed by atoms with Crippen LogP contribution in [-0.2, 0) is 0 Å². The van der Waals surface area contributed by atoms with Crippen LogP contribution in [0, 0.1) is 0 Å². The lowest BCUT2D eigenvalue weighted by molar-refractivity contribution is 0.202. The zero-order chi connectivity index (χ0) is 12.8. The molecule has 0 radical (unpaired) electrons. The Morgan fingerprint density at radius 1 is 1.00 bits per heavy atom. The Morgan fingerprint density at radius 3 is 2.28 bits per heavy atom. The third-order valence-electron chi connectivity index (χ3n) is 2.63. The lowest BCUT2D eigenvalue weighted by Crippen LogP contribution is -2.08. The van der Waals surface area contributed by atoms with Gasteiger partial charge >= 0.3 is 0 Å². The first-order valence-corrected chi connectivity index (χ1v) is 7.15. The summed E-state index contributed by atoms with van der Waals surface area (Å²) in [6.45, 7) is 0. The standard InChI is InChI=1S/C15H14BrClO/c16-13-6-8-14(9-7-13)18-15(10-11-17)12-4-2-1-3-5-12/h1-9,15H,10-11H2/t15-/m0/s1. The average molecular weight is 326 g/mol. The van der Waals surface area contributed by atoms with Crippen molar-refractivity contribution in [3.8, 4) is 5.75 Å². The maximum Gasteiger partial charge on any atom is 0.125 e. The van der Waals surface area contributed by atoms with Crippen molar-refractivity contribution in [3.63, 3.8) is 0 Å². The first kappa shape index (κ1) is 13.4. The molecule has 18 heavy (non-hydrogen) atoms. The molecule has 94 valence electrons. The van der Waals surface area contributed by atoms with E-state index in [0.717, 1.165) is 22.2 Å². The van der Waals surface area contributed by atoms with E-state index in [1.807, 2.05) is 42.5 Å². The number of rotatable bonds is 5. The zero-order valence-corrected chi connectivity index (χ0v) is 12.2. The minimum atomic E-state index is 0.00451. The topological polar surface area (TPSA) is 9.23 Å². The summed E-state index contributed by atoms with van der Waals surface area (Å²) in [6.07, 6.45) is 0.798. The number of hydrogen-bond donors (Lipinski definition) is 0. The highest BCUT2D eigenvalue weighted by atomic mass is 79.9. The Morgan fingerprint density at radius 2 is 1.67 bits per heavy atom. The second kappa shape index (κ2) is 6.81. The number of alkyl halides is 1. The van der Waals surface area contributed by atoms with E-state index in [-0.39, 0.29) is 6.10 Å². The van der Waals surface area contributed by atoms with Crippen LogP contribution >= 0.6 is 27.5 Å². The highest BCUT2D eigenvalue weighted by molar-refractivity contribution is 9.10. The molecule has 1 nitrogen and oxygen atoms in total. The van der Waals surface area contributed by atoms with E-state index in [1.165, 1.54) is 0 Å². The van der Waals surface area contributed by atoms with Gasteiger partial charge in [-0.2, -0.15) is 0 Å². The Bertz CT molecular complexity index is 470. The maximum absolute atomic E-state index is 5.99. The van der Waals surface area contributed by atoms with Gasteiger partial charge in [0.15, 0.2) is 0 Å². The summed E-state index contributed by atoms with van der Waals surface area (Å²) in [5.41, 5.74) is 1.15. The molecule has 0 N–H and O–H groups in total. The average Bonchev–Trinajstić information content (AvgIpc) is 2.42. The van der Waals surface area contributed by atoms with E-state index in [0.29, 0.717) is 5.88 Å². The van der Waals surface area contributed by atoms with Crippen molar-refractivity contribution in [1.82, 2.24) is 0 Å². The molecular weight excluding hydrogens is 312 g/mol. The normalized spacial score (nSPS) is 12.1. The largest absolute Gasteiger partial charge is 0.486 e. The molecule has 0 aliphatic carbocycles. The van der Waals surface area contributed by atoms with Gasteiger partial charge in [0.1, 0.15) is 11.9 Å². The molecule has 3 heteroatoms. The predicted molar refractivity (Wildman–Crippen MR) is 79.3 cm³/mol. The van der Waals surface area contributed by atoms with Gasteiger partial charge in [-0.1, -0.05) is 46.3 Å². The van der Waals surface area contributed by atoms with Crippen molar-refractivity contribution >= 4 is 27.5 Å². The zero-order valence-electron chi connectivity index (χ0n) is 9.85. The highest BCUT2D eigenvalue weighted by Crippen LogP contribution is 2.26. The predicted octanol–water partition coefficient (Wildman–Crippen LogP) is 5.20. The van der Waals surface area contributed by atoms with Gasteiger partial charge in [0.2, 0.25) is 0 Å². The molecule has 0 unspecified atom stereocenters. The third-order valence-corrected chi connectivity index (χ3v) is 3.38. The van der Waals surface area contributed by atoms with E-state index >= 15 is 0 Å². The fraction of sp³-hybridized carbons (Fsp3) is 0.200. The molecule has 0 aliphatic rings. The lowest BCUT2D eigenvalue weighted by Gasteiger charge is -2.18. The molecule has 0 spiro atoms. The first-order chi connectivity index (χ1) is 8.79. The Kier molecular flexibility index (Phi) is 5.09. The van der Waals surface area contributed by atoms with Crippen LogP contribution in [0.1, 0.15) is 18.1 Å². The van der Waals surface area contributed by atoms with Gasteiger partial charge in [-0.25, -0.2) is 0 Å². The molecule has 1 atom stereocenters. The van der Waals surface area contributed by atoms with Crippen molar-refractivity contribution in [2.24, 2.45) is 0 Å². The van der Waals surface area contributed by atoms with Gasteiger partial charge in [0, 0.05) is 16.8 Å². The van der Waals surface area contributed by atoms with Crippen molar-refractivity contribution < 1.29 is 4.74 Å². The van der Waals surface area contributed by atoms with Gasteiger partial charge in [0.25, 0.3) is 0 Å². The van der Waals surface area contributed by atoms with E-state index in [1.54, 1.807) is 0 Å². The number of ether oxygens (including phenoxy) is 1. The lowest BCUT2D eigenvalue weighted by atomic mass is 10.1. The second-order valence-corrected chi connectivity index (χ2v) is 5.24. The minimum absolute atomic E-state index is 0.00451. The van der Waals surface area contributed by atoms with Crippen molar-refractivity contribution in [3.05, 3.63) is 64.6 Å². The van der Waals surface area contributed by atoms with Crippen LogP contribution < -0.4 is 4.74 Å². The molecule has 0 aliphatic heterocycles. The van der Waals surface area contributed by atoms with Crippen LogP contribution in [0.15, 0.2) is 59.1 Å². The van der Waals surface area contributed by atoms with Crippen LogP contribution in [-0.4, -0.2) is 5.88 Å². The van der Waals surface area contributed by atoms with Gasteiger partial charge in [-0.15, -0.1) is 11.6 Å². The summed E-state index contributed by atoms with van der Waals surface area (Å²) in [5.74, 6) is 1.44. The monoisotopic (exact) mass is 324 g/mol. The molecule has 2 aromatic carbocycles. The van der Waals surface area contributed by atoms with Crippen LogP contribution in [0.5, 0.6) is 5.75 Å². The SMILES string of the molecule is ClCC[C@H](Oc1ccc(Br)cc1)c1ccccc1. The quantitative estimate of drug-likeness (QED) is 0.687. The molecule has 0 saturated carbocycles. The van der Waals surface area contributed by atoms with Crippen LogP contribution in [0.2, 0.25) is 0 Å². The molecule has 2 rings (SSSR count). The molecule has 0 amide bonds. The van der Waals surface area contributed by atoms with Crippen LogP contribution in [0.25, 0.3) is 0 Å². The number of hydrogen-bond acceptors (Lipinski definition) is 1. The molecule has 0 fully saturated rings. The van der Waals surface area contributed by atoms with Crippen molar-refractivity contribution in [2.75, 3.05) is 5.88 Å². The fourth-order valence-corrected chi connectivity index (χ4v) is 2.20. The van der Waals surface area contributed by atoms with Gasteiger partial charge in [0.05, 0.1) is 0 Å². The summed E-state index contributed by atoms with van der Waals surface area (Å²) in [7, 11) is 0. The summed E-state index contributed by atoms with van der Waals surface area (Å²) in [5, 5.41) is 0. The Balaban J connectivity index is 2.14. The van der Waals surface area contributed by atoms with E-state index < -0.39 is 0 Å². The minimum Gasteiger partial charge on any atom is -0.486 e. The molecule has 0 saturated heterocycles. The smallest absolute Gasteiger partial charge is 0.125 e. The van der Waals surface area contributed by atoms with Gasteiger partial charge in [-0.05, 0) is 29.8 Å². The first-order valence-electron chi connectivity index (χ1n) is 5.83. The van der Waals surface area contributed by atoms with Gasteiger partial charge < -0.3 is 4.74 Å². The van der Waals surface area contributed by atoms with E-state index in [4.69, 9.17) is 16.3 Å². The summed E-state index contributed by atoms with van der Waals surface area (Å²) >= 11 is 9.26. The number of benzene rings is 2. The fourth-order valence-electron chi connectivity index (χ4n) is 1.74. The summed E-state index contributed by atoms with van der Waals surface area (Å²) in [6, 6.07) is 18.0. The molecule has 0 bridgehead atoms. The van der Waals surface area contributed by atoms with Crippen molar-refractivity contribution in [2.45, 2.75) is 12.5 Å². The molecule has 2 aromatic rings. The summed E-state index contributed by atoms with van der Waals surface area (Å²) in [4.78, 5) is 0. The van der Waals surface area contributed by atoms with E-state index in [9.17, 15) is 0 Å². The second-order valence-electron chi connectivity index (χ2n) is 3.95. The highest BCUT2D eigenvalue weighted by Gasteiger charge is 2.12. The van der Waals surface area contributed by atoms with Crippen LogP contribution in [0.4, 0.5) is 0 Å².